The van der Waals surface area contributed by atoms with Crippen LogP contribution in [0.4, 0.5) is 4.79 Å². The summed E-state index contributed by atoms with van der Waals surface area (Å²) in [7, 11) is 0. The van der Waals surface area contributed by atoms with Crippen molar-refractivity contribution in [1.29, 1.82) is 0 Å². The van der Waals surface area contributed by atoms with Crippen molar-refractivity contribution in [3.05, 3.63) is 59.8 Å². The maximum absolute atomic E-state index is 11.8. The van der Waals surface area contributed by atoms with Crippen molar-refractivity contribution in [3.63, 3.8) is 0 Å². The Morgan fingerprint density at radius 3 is 2.43 bits per heavy atom. The molecule has 0 saturated heterocycles. The molecule has 1 heterocycles. The maximum Gasteiger partial charge on any atom is 0.315 e. The van der Waals surface area contributed by atoms with E-state index in [-0.39, 0.29) is 6.03 Å². The van der Waals surface area contributed by atoms with Gasteiger partial charge in [0.05, 0.1) is 6.61 Å². The summed E-state index contributed by atoms with van der Waals surface area (Å²) >= 11 is 0. The Bertz CT molecular complexity index is 624. The standard InChI is InChI=1S/C18H21N3O2/c22-18(20-10-14-4-2-1-3-5-14)21-12-16-8-9-17(19-11-16)23-13-15-6-7-15/h1-5,8-9,11,15H,6-7,10,12-13H2,(H2,20,21,22). The second kappa shape index (κ2) is 7.63. The summed E-state index contributed by atoms with van der Waals surface area (Å²) in [5.41, 5.74) is 2.01. The number of hydrogen-bond acceptors (Lipinski definition) is 3. The minimum absolute atomic E-state index is 0.192. The molecule has 2 amide bonds. The molecule has 0 aliphatic heterocycles. The van der Waals surface area contributed by atoms with E-state index in [1.165, 1.54) is 12.8 Å². The molecular formula is C18H21N3O2. The van der Waals surface area contributed by atoms with Crippen LogP contribution in [0.15, 0.2) is 48.7 Å². The first kappa shape index (κ1) is 15.3. The van der Waals surface area contributed by atoms with E-state index in [0.717, 1.165) is 17.7 Å². The summed E-state index contributed by atoms with van der Waals surface area (Å²) in [6.45, 7) is 1.71. The minimum atomic E-state index is -0.192. The van der Waals surface area contributed by atoms with Crippen LogP contribution in [0, 0.1) is 5.92 Å². The van der Waals surface area contributed by atoms with Crippen LogP contribution in [0.3, 0.4) is 0 Å². The van der Waals surface area contributed by atoms with Gasteiger partial charge in [0, 0.05) is 25.4 Å². The van der Waals surface area contributed by atoms with Gasteiger partial charge in [0.1, 0.15) is 0 Å². The van der Waals surface area contributed by atoms with Crippen molar-refractivity contribution >= 4 is 6.03 Å². The van der Waals surface area contributed by atoms with Crippen LogP contribution in [-0.2, 0) is 13.1 Å². The predicted molar refractivity (Wildman–Crippen MR) is 88.0 cm³/mol. The third-order valence-electron chi connectivity index (χ3n) is 3.71. The van der Waals surface area contributed by atoms with Crippen molar-refractivity contribution < 1.29 is 9.53 Å². The van der Waals surface area contributed by atoms with Crippen LogP contribution >= 0.6 is 0 Å². The first-order chi connectivity index (χ1) is 11.3. The van der Waals surface area contributed by atoms with Crippen molar-refractivity contribution in [1.82, 2.24) is 15.6 Å². The largest absolute Gasteiger partial charge is 0.477 e. The van der Waals surface area contributed by atoms with Crippen LogP contribution in [0.25, 0.3) is 0 Å². The first-order valence-corrected chi connectivity index (χ1v) is 7.93. The molecule has 0 atom stereocenters. The average Bonchev–Trinajstić information content (AvgIpc) is 3.42. The zero-order valence-corrected chi connectivity index (χ0v) is 13.0. The second-order valence-corrected chi connectivity index (χ2v) is 5.78. The molecule has 1 saturated carbocycles. The number of carbonyl (C=O) groups excluding carboxylic acids is 1. The van der Waals surface area contributed by atoms with Gasteiger partial charge in [-0.05, 0) is 29.9 Å². The lowest BCUT2D eigenvalue weighted by atomic mass is 10.2. The molecule has 23 heavy (non-hydrogen) atoms. The number of nitrogens with zero attached hydrogens (tertiary/aromatic N) is 1. The highest BCUT2D eigenvalue weighted by Gasteiger charge is 2.21. The lowest BCUT2D eigenvalue weighted by Gasteiger charge is -2.08. The summed E-state index contributed by atoms with van der Waals surface area (Å²) in [4.78, 5) is 16.0. The molecule has 2 aromatic rings. The number of hydrogen-bond donors (Lipinski definition) is 2. The van der Waals surface area contributed by atoms with E-state index in [4.69, 9.17) is 4.74 Å². The van der Waals surface area contributed by atoms with Gasteiger partial charge in [0.25, 0.3) is 0 Å². The lowest BCUT2D eigenvalue weighted by Crippen LogP contribution is -2.34. The van der Waals surface area contributed by atoms with E-state index in [1.807, 2.05) is 42.5 Å². The van der Waals surface area contributed by atoms with Crippen LogP contribution in [-0.4, -0.2) is 17.6 Å². The van der Waals surface area contributed by atoms with Gasteiger partial charge in [-0.3, -0.25) is 0 Å². The number of carbonyl (C=O) groups is 1. The number of benzene rings is 1. The van der Waals surface area contributed by atoms with E-state index in [9.17, 15) is 4.79 Å². The van der Waals surface area contributed by atoms with Crippen LogP contribution in [0.1, 0.15) is 24.0 Å². The number of amides is 2. The second-order valence-electron chi connectivity index (χ2n) is 5.78. The van der Waals surface area contributed by atoms with E-state index in [1.54, 1.807) is 6.20 Å². The van der Waals surface area contributed by atoms with Gasteiger partial charge in [-0.25, -0.2) is 9.78 Å². The summed E-state index contributed by atoms with van der Waals surface area (Å²) in [6, 6.07) is 13.4. The van der Waals surface area contributed by atoms with Gasteiger partial charge < -0.3 is 15.4 Å². The average molecular weight is 311 g/mol. The highest BCUT2D eigenvalue weighted by Crippen LogP contribution is 2.29. The van der Waals surface area contributed by atoms with Gasteiger partial charge in [0.15, 0.2) is 0 Å². The minimum Gasteiger partial charge on any atom is -0.477 e. The highest BCUT2D eigenvalue weighted by molar-refractivity contribution is 5.73. The molecule has 0 spiro atoms. The molecule has 2 N–H and O–H groups in total. The zero-order valence-electron chi connectivity index (χ0n) is 13.0. The molecule has 1 aromatic carbocycles. The molecule has 0 bridgehead atoms. The van der Waals surface area contributed by atoms with E-state index < -0.39 is 0 Å². The van der Waals surface area contributed by atoms with Gasteiger partial charge in [0.2, 0.25) is 5.88 Å². The van der Waals surface area contributed by atoms with Crippen molar-refractivity contribution in [2.75, 3.05) is 6.61 Å². The molecule has 1 aliphatic carbocycles. The quantitative estimate of drug-likeness (QED) is 0.826. The molecule has 1 aromatic heterocycles. The van der Waals surface area contributed by atoms with Crippen LogP contribution in [0.2, 0.25) is 0 Å². The summed E-state index contributed by atoms with van der Waals surface area (Å²) < 4.78 is 5.59. The molecule has 0 radical (unpaired) electrons. The predicted octanol–water partition coefficient (Wildman–Crippen LogP) is 2.87. The Kier molecular flexibility index (Phi) is 5.09. The smallest absolute Gasteiger partial charge is 0.315 e. The van der Waals surface area contributed by atoms with Gasteiger partial charge in [-0.1, -0.05) is 36.4 Å². The number of rotatable bonds is 7. The molecule has 5 heteroatoms. The summed E-state index contributed by atoms with van der Waals surface area (Å²) in [5, 5.41) is 5.64. The normalized spacial score (nSPS) is 13.4. The monoisotopic (exact) mass is 311 g/mol. The third kappa shape index (κ3) is 5.29. The molecule has 3 rings (SSSR count). The Morgan fingerprint density at radius 1 is 1.04 bits per heavy atom. The Balaban J connectivity index is 1.37. The number of nitrogens with one attached hydrogen (secondary N) is 2. The molecule has 1 fully saturated rings. The van der Waals surface area contributed by atoms with E-state index >= 15 is 0 Å². The third-order valence-corrected chi connectivity index (χ3v) is 3.71. The Hall–Kier alpha value is -2.56. The van der Waals surface area contributed by atoms with E-state index in [0.29, 0.717) is 24.9 Å². The molecular weight excluding hydrogens is 290 g/mol. The van der Waals surface area contributed by atoms with Crippen molar-refractivity contribution in [3.8, 4) is 5.88 Å². The Labute approximate surface area is 136 Å². The fourth-order valence-corrected chi connectivity index (χ4v) is 2.11. The SMILES string of the molecule is O=C(NCc1ccccc1)NCc1ccc(OCC2CC2)nc1. The molecule has 1 aliphatic rings. The van der Waals surface area contributed by atoms with Gasteiger partial charge in [-0.2, -0.15) is 0 Å². The fraction of sp³-hybridized carbons (Fsp3) is 0.333. The van der Waals surface area contributed by atoms with Gasteiger partial charge >= 0.3 is 6.03 Å². The molecule has 5 nitrogen and oxygen atoms in total. The van der Waals surface area contributed by atoms with Crippen LogP contribution < -0.4 is 15.4 Å². The number of ether oxygens (including phenoxy) is 1. The van der Waals surface area contributed by atoms with Crippen LogP contribution in [0.5, 0.6) is 5.88 Å². The van der Waals surface area contributed by atoms with Crippen molar-refractivity contribution in [2.24, 2.45) is 5.92 Å². The fourth-order valence-electron chi connectivity index (χ4n) is 2.11. The number of urea groups is 1. The molecule has 120 valence electrons. The maximum atomic E-state index is 11.8. The molecule has 0 unspecified atom stereocenters. The summed E-state index contributed by atoms with van der Waals surface area (Å²) in [6.07, 6.45) is 4.26. The summed E-state index contributed by atoms with van der Waals surface area (Å²) in [5.74, 6) is 1.36. The Morgan fingerprint density at radius 2 is 1.78 bits per heavy atom. The zero-order chi connectivity index (χ0) is 15.9. The highest BCUT2D eigenvalue weighted by atomic mass is 16.5. The topological polar surface area (TPSA) is 63.2 Å². The first-order valence-electron chi connectivity index (χ1n) is 7.93. The van der Waals surface area contributed by atoms with Gasteiger partial charge in [-0.15, -0.1) is 0 Å². The number of pyridine rings is 1. The van der Waals surface area contributed by atoms with E-state index in [2.05, 4.69) is 15.6 Å². The number of aromatic nitrogens is 1. The lowest BCUT2D eigenvalue weighted by molar-refractivity contribution is 0.240. The van der Waals surface area contributed by atoms with Crippen molar-refractivity contribution in [2.45, 2.75) is 25.9 Å².